The van der Waals surface area contributed by atoms with Gasteiger partial charge in [-0.05, 0) is 56.1 Å². The second-order valence-corrected chi connectivity index (χ2v) is 7.21. The van der Waals surface area contributed by atoms with E-state index in [1.807, 2.05) is 38.4 Å². The molecule has 8 heteroatoms. The maximum atomic E-state index is 9.40. The first-order valence-electron chi connectivity index (χ1n) is 9.32. The second-order valence-electron chi connectivity index (χ2n) is 6.77. The number of ether oxygens (including phenoxy) is 2. The maximum Gasteiger partial charge on any atom is 0.236 e. The molecular formula is C22H23ClN4O3. The molecule has 0 saturated carbocycles. The lowest BCUT2D eigenvalue weighted by atomic mass is 10.1. The van der Waals surface area contributed by atoms with Crippen LogP contribution in [0.2, 0.25) is 5.02 Å². The van der Waals surface area contributed by atoms with Crippen molar-refractivity contribution in [3.8, 4) is 17.6 Å². The quantitative estimate of drug-likeness (QED) is 0.539. The van der Waals surface area contributed by atoms with Gasteiger partial charge in [0.2, 0.25) is 17.5 Å². The van der Waals surface area contributed by atoms with Gasteiger partial charge >= 0.3 is 0 Å². The van der Waals surface area contributed by atoms with Gasteiger partial charge in [-0.3, -0.25) is 0 Å². The summed E-state index contributed by atoms with van der Waals surface area (Å²) in [7, 11) is 5.63. The fraction of sp³-hybridized carbons (Fsp3) is 0.273. The van der Waals surface area contributed by atoms with Gasteiger partial charge in [0.15, 0.2) is 6.61 Å². The van der Waals surface area contributed by atoms with Crippen LogP contribution in [-0.2, 0) is 6.61 Å². The molecule has 0 saturated heterocycles. The highest BCUT2D eigenvalue weighted by atomic mass is 35.5. The van der Waals surface area contributed by atoms with Gasteiger partial charge in [-0.25, -0.2) is 0 Å². The van der Waals surface area contributed by atoms with E-state index in [2.05, 4.69) is 21.3 Å². The molecule has 156 valence electrons. The zero-order valence-electron chi connectivity index (χ0n) is 17.1. The molecule has 0 radical (unpaired) electrons. The van der Waals surface area contributed by atoms with Crippen LogP contribution in [0.25, 0.3) is 0 Å². The lowest BCUT2D eigenvalue weighted by molar-refractivity contribution is 0.264. The highest BCUT2D eigenvalue weighted by molar-refractivity contribution is 6.30. The molecule has 0 aliphatic carbocycles. The number of likely N-dealkylation sites (N-methyl/N-ethyl adjacent to an activating group) is 1. The van der Waals surface area contributed by atoms with Gasteiger partial charge in [0.25, 0.3) is 0 Å². The fourth-order valence-electron chi connectivity index (χ4n) is 2.91. The summed E-state index contributed by atoms with van der Waals surface area (Å²) in [6.45, 7) is 0.633. The molecule has 1 aromatic heterocycles. The van der Waals surface area contributed by atoms with E-state index in [0.29, 0.717) is 29.1 Å². The summed E-state index contributed by atoms with van der Waals surface area (Å²) in [6.07, 6.45) is 0. The molecule has 3 aromatic rings. The third kappa shape index (κ3) is 5.44. The Bertz CT molecular complexity index is 995. The van der Waals surface area contributed by atoms with Crippen LogP contribution in [0.3, 0.4) is 0 Å². The molecule has 7 nitrogen and oxygen atoms in total. The first-order chi connectivity index (χ1) is 14.5. The Kier molecular flexibility index (Phi) is 7.17. The van der Waals surface area contributed by atoms with E-state index in [0.717, 1.165) is 11.3 Å². The number of hydrogen-bond donors (Lipinski definition) is 1. The van der Waals surface area contributed by atoms with E-state index in [1.54, 1.807) is 31.4 Å². The van der Waals surface area contributed by atoms with E-state index < -0.39 is 0 Å². The highest BCUT2D eigenvalue weighted by Crippen LogP contribution is 2.24. The summed E-state index contributed by atoms with van der Waals surface area (Å²) >= 11 is 5.87. The van der Waals surface area contributed by atoms with Crippen LogP contribution >= 0.6 is 11.6 Å². The molecule has 0 bridgehead atoms. The van der Waals surface area contributed by atoms with Crippen molar-refractivity contribution in [1.82, 2.24) is 9.88 Å². The number of rotatable bonds is 9. The van der Waals surface area contributed by atoms with Gasteiger partial charge in [0, 0.05) is 11.6 Å². The normalized spacial score (nSPS) is 11.7. The van der Waals surface area contributed by atoms with E-state index in [9.17, 15) is 5.26 Å². The van der Waals surface area contributed by atoms with Gasteiger partial charge in [-0.15, -0.1) is 0 Å². The van der Waals surface area contributed by atoms with Crippen LogP contribution in [-0.4, -0.2) is 37.6 Å². The average Bonchev–Trinajstić information content (AvgIpc) is 3.16. The maximum absolute atomic E-state index is 9.40. The Morgan fingerprint density at radius 2 is 1.80 bits per heavy atom. The number of hydrogen-bond acceptors (Lipinski definition) is 7. The van der Waals surface area contributed by atoms with Crippen molar-refractivity contribution in [1.29, 1.82) is 5.26 Å². The Labute approximate surface area is 180 Å². The third-order valence-electron chi connectivity index (χ3n) is 4.53. The lowest BCUT2D eigenvalue weighted by Gasteiger charge is -2.25. The SMILES string of the molecule is COc1ccc([C@@H](CNc2oc(COc3ccc(Cl)cc3)nc2C#N)N(C)C)cc1. The summed E-state index contributed by atoms with van der Waals surface area (Å²) in [5, 5.41) is 13.2. The topological polar surface area (TPSA) is 83.5 Å². The zero-order chi connectivity index (χ0) is 21.5. The highest BCUT2D eigenvalue weighted by Gasteiger charge is 2.18. The van der Waals surface area contributed by atoms with E-state index in [-0.39, 0.29) is 18.3 Å². The lowest BCUT2D eigenvalue weighted by Crippen LogP contribution is -2.26. The smallest absolute Gasteiger partial charge is 0.236 e. The number of aromatic nitrogens is 1. The van der Waals surface area contributed by atoms with Crippen molar-refractivity contribution in [2.75, 3.05) is 33.1 Å². The number of oxazole rings is 1. The standard InChI is InChI=1S/C22H23ClN4O3/c1-27(2)20(15-4-8-17(28-3)9-5-15)13-25-22-19(12-24)26-21(30-22)14-29-18-10-6-16(23)7-11-18/h4-11,20,25H,13-14H2,1-3H3/t20-/m1/s1. The molecule has 30 heavy (non-hydrogen) atoms. The molecule has 2 aromatic carbocycles. The van der Waals surface area contributed by atoms with Crippen LogP contribution in [0.1, 0.15) is 23.2 Å². The minimum atomic E-state index is 0.0568. The average molecular weight is 427 g/mol. The largest absolute Gasteiger partial charge is 0.497 e. The number of benzene rings is 2. The minimum Gasteiger partial charge on any atom is -0.497 e. The summed E-state index contributed by atoms with van der Waals surface area (Å²) in [4.78, 5) is 6.29. The predicted octanol–water partition coefficient (Wildman–Crippen LogP) is 4.50. The van der Waals surface area contributed by atoms with Crippen molar-refractivity contribution in [2.24, 2.45) is 0 Å². The third-order valence-corrected chi connectivity index (χ3v) is 4.79. The monoisotopic (exact) mass is 426 g/mol. The van der Waals surface area contributed by atoms with E-state index >= 15 is 0 Å². The molecule has 0 amide bonds. The molecule has 0 unspecified atom stereocenters. The first-order valence-corrected chi connectivity index (χ1v) is 9.70. The van der Waals surface area contributed by atoms with Crippen LogP contribution in [0.4, 0.5) is 5.88 Å². The Balaban J connectivity index is 1.67. The summed E-state index contributed by atoms with van der Waals surface area (Å²) in [5.41, 5.74) is 1.30. The van der Waals surface area contributed by atoms with Crippen molar-refractivity contribution in [3.63, 3.8) is 0 Å². The molecule has 1 N–H and O–H groups in total. The number of anilines is 1. The summed E-state index contributed by atoms with van der Waals surface area (Å²) in [6, 6.07) is 17.0. The van der Waals surface area contributed by atoms with Gasteiger partial charge in [-0.2, -0.15) is 10.2 Å². The molecule has 0 fully saturated rings. The number of methoxy groups -OCH3 is 1. The molecule has 1 atom stereocenters. The Morgan fingerprint density at radius 1 is 1.13 bits per heavy atom. The second kappa shape index (κ2) is 10.0. The van der Waals surface area contributed by atoms with Crippen LogP contribution in [0.5, 0.6) is 11.5 Å². The van der Waals surface area contributed by atoms with E-state index in [4.69, 9.17) is 25.5 Å². The van der Waals surface area contributed by atoms with Gasteiger partial charge in [0.1, 0.15) is 17.6 Å². The Morgan fingerprint density at radius 3 is 2.40 bits per heavy atom. The number of nitrogens with zero attached hydrogens (tertiary/aromatic N) is 3. The molecule has 0 aliphatic rings. The molecule has 1 heterocycles. The van der Waals surface area contributed by atoms with Crippen LogP contribution in [0, 0.1) is 11.3 Å². The molecule has 0 spiro atoms. The van der Waals surface area contributed by atoms with Crippen LogP contribution in [0.15, 0.2) is 52.9 Å². The predicted molar refractivity (Wildman–Crippen MR) is 115 cm³/mol. The molecular weight excluding hydrogens is 404 g/mol. The van der Waals surface area contributed by atoms with E-state index in [1.165, 1.54) is 0 Å². The molecule has 0 aliphatic heterocycles. The number of nitrogens with one attached hydrogen (secondary N) is 1. The number of halogens is 1. The number of nitriles is 1. The minimum absolute atomic E-state index is 0.0568. The zero-order valence-corrected chi connectivity index (χ0v) is 17.8. The van der Waals surface area contributed by atoms with Crippen molar-refractivity contribution >= 4 is 17.5 Å². The summed E-state index contributed by atoms with van der Waals surface area (Å²) < 4.78 is 16.6. The van der Waals surface area contributed by atoms with Gasteiger partial charge in [0.05, 0.1) is 13.2 Å². The summed E-state index contributed by atoms with van der Waals surface area (Å²) in [5.74, 6) is 2.08. The van der Waals surface area contributed by atoms with Gasteiger partial charge < -0.3 is 24.1 Å². The fourth-order valence-corrected chi connectivity index (χ4v) is 3.04. The van der Waals surface area contributed by atoms with Crippen LogP contribution < -0.4 is 14.8 Å². The Hall–Kier alpha value is -3.21. The molecule has 3 rings (SSSR count). The first kappa shape index (κ1) is 21.5. The van der Waals surface area contributed by atoms with Crippen molar-refractivity contribution in [2.45, 2.75) is 12.6 Å². The van der Waals surface area contributed by atoms with Crippen molar-refractivity contribution < 1.29 is 13.9 Å². The van der Waals surface area contributed by atoms with Crippen molar-refractivity contribution in [3.05, 3.63) is 70.7 Å². The van der Waals surface area contributed by atoms with Gasteiger partial charge in [-0.1, -0.05) is 23.7 Å².